The molecule has 122 valence electrons. The fourth-order valence-electron chi connectivity index (χ4n) is 3.24. The lowest BCUT2D eigenvalue weighted by atomic mass is 9.82. The molecule has 0 unspecified atom stereocenters. The van der Waals surface area contributed by atoms with Crippen molar-refractivity contribution < 1.29 is 9.13 Å². The summed E-state index contributed by atoms with van der Waals surface area (Å²) in [6.07, 6.45) is 5.72. The summed E-state index contributed by atoms with van der Waals surface area (Å²) in [4.78, 5) is 6.33. The Morgan fingerprint density at radius 1 is 1.22 bits per heavy atom. The zero-order chi connectivity index (χ0) is 16.1. The molecule has 4 heteroatoms. The molecular formula is C19H23FN2O. The van der Waals surface area contributed by atoms with Crippen molar-refractivity contribution in [2.24, 2.45) is 5.41 Å². The number of rotatable bonds is 5. The number of aromatic nitrogens is 1. The Hall–Kier alpha value is -1.94. The van der Waals surface area contributed by atoms with Crippen molar-refractivity contribution in [1.29, 1.82) is 0 Å². The average molecular weight is 314 g/mol. The lowest BCUT2D eigenvalue weighted by molar-refractivity contribution is 0.0517. The Kier molecular flexibility index (Phi) is 4.91. The summed E-state index contributed by atoms with van der Waals surface area (Å²) in [5.74, 6) is 0.736. The number of hydrogen-bond donors (Lipinski definition) is 0. The van der Waals surface area contributed by atoms with Gasteiger partial charge in [-0.1, -0.05) is 25.1 Å². The molecule has 0 radical (unpaired) electrons. The Morgan fingerprint density at radius 3 is 2.78 bits per heavy atom. The summed E-state index contributed by atoms with van der Waals surface area (Å²) in [5.41, 5.74) is 0.860. The van der Waals surface area contributed by atoms with Crippen molar-refractivity contribution in [3.8, 4) is 5.75 Å². The molecule has 3 nitrogen and oxygen atoms in total. The average Bonchev–Trinajstić information content (AvgIpc) is 2.56. The number of hydrogen-bond acceptors (Lipinski definition) is 3. The van der Waals surface area contributed by atoms with Crippen LogP contribution in [-0.2, 0) is 6.54 Å². The molecule has 0 saturated carbocycles. The van der Waals surface area contributed by atoms with Gasteiger partial charge in [0.05, 0.1) is 6.61 Å². The van der Waals surface area contributed by atoms with Crippen molar-refractivity contribution in [2.45, 2.75) is 26.3 Å². The van der Waals surface area contributed by atoms with Gasteiger partial charge >= 0.3 is 0 Å². The summed E-state index contributed by atoms with van der Waals surface area (Å²) in [7, 11) is 0. The minimum Gasteiger partial charge on any atom is -0.493 e. The van der Waals surface area contributed by atoms with Gasteiger partial charge in [0.2, 0.25) is 0 Å². The first kappa shape index (κ1) is 15.9. The molecule has 2 aromatic rings. The molecule has 0 spiro atoms. The van der Waals surface area contributed by atoms with Crippen molar-refractivity contribution in [3.05, 3.63) is 60.2 Å². The van der Waals surface area contributed by atoms with E-state index in [9.17, 15) is 4.39 Å². The molecule has 23 heavy (non-hydrogen) atoms. The molecular weight excluding hydrogens is 291 g/mol. The fourth-order valence-corrected chi connectivity index (χ4v) is 3.24. The van der Waals surface area contributed by atoms with Gasteiger partial charge in [-0.15, -0.1) is 0 Å². The minimum absolute atomic E-state index is 0.0901. The standard InChI is InChI=1S/C19H23FN2O/c1-19(15-23-17-7-10-21-11-8-17)9-4-12-22(14-19)13-16-5-2-3-6-18(16)20/h2-3,5-8,10-11H,4,9,12-15H2,1H3/t19-/m0/s1. The number of ether oxygens (including phenoxy) is 1. The predicted molar refractivity (Wildman–Crippen MR) is 88.8 cm³/mol. The van der Waals surface area contributed by atoms with E-state index in [4.69, 9.17) is 4.74 Å². The second-order valence-corrected chi connectivity index (χ2v) is 6.69. The first-order chi connectivity index (χ1) is 11.1. The van der Waals surface area contributed by atoms with Crippen LogP contribution in [0.25, 0.3) is 0 Å². The molecule has 1 aliphatic rings. The summed E-state index contributed by atoms with van der Waals surface area (Å²) in [5, 5.41) is 0. The van der Waals surface area contributed by atoms with Gasteiger partial charge in [-0.2, -0.15) is 0 Å². The van der Waals surface area contributed by atoms with E-state index in [0.717, 1.165) is 37.2 Å². The third-order valence-electron chi connectivity index (χ3n) is 4.45. The van der Waals surface area contributed by atoms with Gasteiger partial charge < -0.3 is 4.74 Å². The smallest absolute Gasteiger partial charge is 0.127 e. The van der Waals surface area contributed by atoms with Crippen molar-refractivity contribution >= 4 is 0 Å². The lowest BCUT2D eigenvalue weighted by Gasteiger charge is -2.40. The van der Waals surface area contributed by atoms with Crippen molar-refractivity contribution in [1.82, 2.24) is 9.88 Å². The highest BCUT2D eigenvalue weighted by atomic mass is 19.1. The number of benzene rings is 1. The third-order valence-corrected chi connectivity index (χ3v) is 4.45. The molecule has 2 heterocycles. The van der Waals surface area contributed by atoms with Crippen LogP contribution in [0, 0.1) is 11.2 Å². The Bertz CT molecular complexity index is 634. The van der Waals surface area contributed by atoms with Crippen LogP contribution in [-0.4, -0.2) is 29.6 Å². The highest BCUT2D eigenvalue weighted by Crippen LogP contribution is 2.31. The van der Waals surface area contributed by atoms with Crippen LogP contribution in [0.4, 0.5) is 4.39 Å². The largest absolute Gasteiger partial charge is 0.493 e. The molecule has 3 rings (SSSR count). The van der Waals surface area contributed by atoms with E-state index < -0.39 is 0 Å². The van der Waals surface area contributed by atoms with E-state index >= 15 is 0 Å². The van der Waals surface area contributed by atoms with Crippen LogP contribution < -0.4 is 4.74 Å². The Morgan fingerprint density at radius 2 is 2.00 bits per heavy atom. The second-order valence-electron chi connectivity index (χ2n) is 6.69. The molecule has 0 bridgehead atoms. The first-order valence-electron chi connectivity index (χ1n) is 8.13. The number of nitrogens with zero attached hydrogens (tertiary/aromatic N) is 2. The van der Waals surface area contributed by atoms with Gasteiger partial charge in [0.15, 0.2) is 0 Å². The van der Waals surface area contributed by atoms with Crippen LogP contribution >= 0.6 is 0 Å². The van der Waals surface area contributed by atoms with Gasteiger partial charge in [0, 0.05) is 36.5 Å². The lowest BCUT2D eigenvalue weighted by Crippen LogP contribution is -2.44. The Balaban J connectivity index is 1.59. The van der Waals surface area contributed by atoms with E-state index in [2.05, 4.69) is 16.8 Å². The van der Waals surface area contributed by atoms with E-state index in [1.54, 1.807) is 18.5 Å². The van der Waals surface area contributed by atoms with Gasteiger partial charge in [0.1, 0.15) is 11.6 Å². The zero-order valence-corrected chi connectivity index (χ0v) is 13.5. The molecule has 1 aromatic carbocycles. The molecule has 1 aliphatic heterocycles. The second kappa shape index (κ2) is 7.09. The van der Waals surface area contributed by atoms with E-state index in [0.29, 0.717) is 13.2 Å². The van der Waals surface area contributed by atoms with Crippen LogP contribution in [0.1, 0.15) is 25.3 Å². The zero-order valence-electron chi connectivity index (χ0n) is 13.5. The molecule has 0 N–H and O–H groups in total. The van der Waals surface area contributed by atoms with E-state index in [-0.39, 0.29) is 11.2 Å². The minimum atomic E-state index is -0.118. The Labute approximate surface area is 137 Å². The van der Waals surface area contributed by atoms with E-state index in [1.165, 1.54) is 6.07 Å². The van der Waals surface area contributed by atoms with Gasteiger partial charge in [-0.05, 0) is 37.6 Å². The molecule has 1 fully saturated rings. The summed E-state index contributed by atoms with van der Waals surface area (Å²) < 4.78 is 19.8. The molecule has 1 aromatic heterocycles. The number of likely N-dealkylation sites (tertiary alicyclic amines) is 1. The maximum absolute atomic E-state index is 13.8. The van der Waals surface area contributed by atoms with Crippen LogP contribution in [0.3, 0.4) is 0 Å². The quantitative estimate of drug-likeness (QED) is 0.837. The number of piperidine rings is 1. The molecule has 1 atom stereocenters. The number of halogens is 1. The predicted octanol–water partition coefficient (Wildman–Crippen LogP) is 3.90. The van der Waals surface area contributed by atoms with E-state index in [1.807, 2.05) is 24.3 Å². The van der Waals surface area contributed by atoms with Gasteiger partial charge in [-0.3, -0.25) is 9.88 Å². The third kappa shape index (κ3) is 4.29. The first-order valence-corrected chi connectivity index (χ1v) is 8.13. The van der Waals surface area contributed by atoms with Crippen molar-refractivity contribution in [2.75, 3.05) is 19.7 Å². The SMILES string of the molecule is C[C@]1(COc2ccncc2)CCCN(Cc2ccccc2F)C1. The van der Waals surface area contributed by atoms with Crippen molar-refractivity contribution in [3.63, 3.8) is 0 Å². The summed E-state index contributed by atoms with van der Waals surface area (Å²) in [6, 6.07) is 10.8. The summed E-state index contributed by atoms with van der Waals surface area (Å²) >= 11 is 0. The monoisotopic (exact) mass is 314 g/mol. The van der Waals surface area contributed by atoms with Gasteiger partial charge in [0.25, 0.3) is 0 Å². The maximum atomic E-state index is 13.8. The highest BCUT2D eigenvalue weighted by Gasteiger charge is 2.32. The normalized spacial score (nSPS) is 22.0. The molecule has 0 amide bonds. The molecule has 0 aliphatic carbocycles. The summed E-state index contributed by atoms with van der Waals surface area (Å²) in [6.45, 7) is 5.52. The topological polar surface area (TPSA) is 25.4 Å². The molecule has 1 saturated heterocycles. The van der Waals surface area contributed by atoms with Crippen LogP contribution in [0.15, 0.2) is 48.8 Å². The van der Waals surface area contributed by atoms with Crippen LogP contribution in [0.5, 0.6) is 5.75 Å². The highest BCUT2D eigenvalue weighted by molar-refractivity contribution is 5.18. The van der Waals surface area contributed by atoms with Gasteiger partial charge in [-0.25, -0.2) is 4.39 Å². The van der Waals surface area contributed by atoms with Crippen LogP contribution in [0.2, 0.25) is 0 Å². The number of pyridine rings is 1. The maximum Gasteiger partial charge on any atom is 0.127 e. The fraction of sp³-hybridized carbons (Fsp3) is 0.421.